The number of furan rings is 1. The van der Waals surface area contributed by atoms with E-state index in [1.165, 1.54) is 0 Å². The molecule has 1 unspecified atom stereocenters. The number of benzene rings is 1. The fourth-order valence-electron chi connectivity index (χ4n) is 2.45. The van der Waals surface area contributed by atoms with Gasteiger partial charge in [0.2, 0.25) is 0 Å². The van der Waals surface area contributed by atoms with E-state index in [0.717, 1.165) is 41.2 Å². The molecule has 1 aliphatic carbocycles. The molecule has 1 aliphatic rings. The Balaban J connectivity index is 1.90. The van der Waals surface area contributed by atoms with Crippen molar-refractivity contribution in [2.45, 2.75) is 38.8 Å². The highest BCUT2D eigenvalue weighted by Crippen LogP contribution is 2.31. The molecule has 1 heterocycles. The zero-order chi connectivity index (χ0) is 14.1. The molecule has 1 aromatic heterocycles. The fraction of sp³-hybridized carbons (Fsp3) is 0.375. The molecule has 1 atom stereocenters. The minimum Gasteiger partial charge on any atom is -0.490 e. The SMILES string of the molecule is Cc1cc(C(NN)c2cccc(OC3CC3)c2)c(C)o1. The Morgan fingerprint density at radius 3 is 2.70 bits per heavy atom. The fourth-order valence-corrected chi connectivity index (χ4v) is 2.45. The second-order valence-corrected chi connectivity index (χ2v) is 5.36. The molecule has 0 radical (unpaired) electrons. The summed E-state index contributed by atoms with van der Waals surface area (Å²) in [4.78, 5) is 0. The second-order valence-electron chi connectivity index (χ2n) is 5.36. The van der Waals surface area contributed by atoms with Gasteiger partial charge in [-0.2, -0.15) is 0 Å². The summed E-state index contributed by atoms with van der Waals surface area (Å²) in [6.07, 6.45) is 2.71. The van der Waals surface area contributed by atoms with E-state index in [1.807, 2.05) is 44.2 Å². The van der Waals surface area contributed by atoms with Gasteiger partial charge in [0.15, 0.2) is 0 Å². The van der Waals surface area contributed by atoms with Gasteiger partial charge in [0, 0.05) is 5.56 Å². The van der Waals surface area contributed by atoms with E-state index in [4.69, 9.17) is 15.0 Å². The highest BCUT2D eigenvalue weighted by molar-refractivity contribution is 5.38. The van der Waals surface area contributed by atoms with Crippen molar-refractivity contribution in [2.75, 3.05) is 0 Å². The third-order valence-corrected chi connectivity index (χ3v) is 3.58. The van der Waals surface area contributed by atoms with Crippen molar-refractivity contribution < 1.29 is 9.15 Å². The van der Waals surface area contributed by atoms with Crippen LogP contribution in [-0.2, 0) is 0 Å². The number of nitrogens with two attached hydrogens (primary N) is 1. The number of hydrogen-bond acceptors (Lipinski definition) is 4. The number of hydrazine groups is 1. The van der Waals surface area contributed by atoms with Crippen LogP contribution in [-0.4, -0.2) is 6.10 Å². The quantitative estimate of drug-likeness (QED) is 0.649. The summed E-state index contributed by atoms with van der Waals surface area (Å²) < 4.78 is 11.4. The van der Waals surface area contributed by atoms with Crippen LogP contribution in [0.25, 0.3) is 0 Å². The first kappa shape index (κ1) is 13.2. The summed E-state index contributed by atoms with van der Waals surface area (Å²) in [5.74, 6) is 8.43. The highest BCUT2D eigenvalue weighted by atomic mass is 16.5. The number of hydrogen-bond donors (Lipinski definition) is 2. The van der Waals surface area contributed by atoms with Crippen molar-refractivity contribution in [3.05, 3.63) is 53.0 Å². The Hall–Kier alpha value is -1.78. The van der Waals surface area contributed by atoms with E-state index in [9.17, 15) is 0 Å². The van der Waals surface area contributed by atoms with Crippen molar-refractivity contribution in [1.29, 1.82) is 0 Å². The van der Waals surface area contributed by atoms with Gasteiger partial charge in [-0.1, -0.05) is 12.1 Å². The van der Waals surface area contributed by atoms with Gasteiger partial charge in [0.1, 0.15) is 17.3 Å². The molecule has 4 heteroatoms. The van der Waals surface area contributed by atoms with Gasteiger partial charge >= 0.3 is 0 Å². The molecule has 0 aliphatic heterocycles. The zero-order valence-electron chi connectivity index (χ0n) is 11.8. The lowest BCUT2D eigenvalue weighted by Crippen LogP contribution is -2.29. The van der Waals surface area contributed by atoms with Gasteiger partial charge < -0.3 is 9.15 Å². The largest absolute Gasteiger partial charge is 0.490 e. The van der Waals surface area contributed by atoms with E-state index in [-0.39, 0.29) is 6.04 Å². The second kappa shape index (κ2) is 5.31. The molecule has 0 bridgehead atoms. The third-order valence-electron chi connectivity index (χ3n) is 3.58. The molecule has 20 heavy (non-hydrogen) atoms. The van der Waals surface area contributed by atoms with Crippen LogP contribution in [0.15, 0.2) is 34.7 Å². The lowest BCUT2D eigenvalue weighted by Gasteiger charge is -2.17. The van der Waals surface area contributed by atoms with E-state index in [0.29, 0.717) is 6.10 Å². The van der Waals surface area contributed by atoms with E-state index in [2.05, 4.69) is 5.43 Å². The lowest BCUT2D eigenvalue weighted by molar-refractivity contribution is 0.302. The molecule has 1 fully saturated rings. The molecular weight excluding hydrogens is 252 g/mol. The van der Waals surface area contributed by atoms with Gasteiger partial charge in [0.25, 0.3) is 0 Å². The smallest absolute Gasteiger partial charge is 0.120 e. The maximum Gasteiger partial charge on any atom is 0.120 e. The van der Waals surface area contributed by atoms with Crippen molar-refractivity contribution in [3.8, 4) is 5.75 Å². The molecule has 1 saturated carbocycles. The highest BCUT2D eigenvalue weighted by Gasteiger charge is 2.24. The Kier molecular flexibility index (Phi) is 3.51. The molecule has 0 spiro atoms. The minimum atomic E-state index is -0.0878. The average Bonchev–Trinajstić information content (AvgIpc) is 3.16. The van der Waals surface area contributed by atoms with Crippen molar-refractivity contribution >= 4 is 0 Å². The van der Waals surface area contributed by atoms with Gasteiger partial charge in [-0.25, -0.2) is 5.43 Å². The molecule has 4 nitrogen and oxygen atoms in total. The first-order valence-electron chi connectivity index (χ1n) is 6.97. The molecule has 106 valence electrons. The van der Waals surface area contributed by atoms with Crippen molar-refractivity contribution in [2.24, 2.45) is 5.84 Å². The molecule has 0 saturated heterocycles. The normalized spacial score (nSPS) is 16.1. The molecular formula is C16H20N2O2. The van der Waals surface area contributed by atoms with Crippen LogP contribution in [0.2, 0.25) is 0 Å². The van der Waals surface area contributed by atoms with Crippen LogP contribution in [0.3, 0.4) is 0 Å². The van der Waals surface area contributed by atoms with Gasteiger partial charge in [-0.15, -0.1) is 0 Å². The van der Waals surface area contributed by atoms with E-state index < -0.39 is 0 Å². The summed E-state index contributed by atoms with van der Waals surface area (Å²) in [7, 11) is 0. The first-order valence-corrected chi connectivity index (χ1v) is 6.97. The standard InChI is InChI=1S/C16H20N2O2/c1-10-8-15(11(2)19-10)16(18-17)12-4-3-5-14(9-12)20-13-6-7-13/h3-5,8-9,13,16,18H,6-7,17H2,1-2H3. The average molecular weight is 272 g/mol. The third kappa shape index (κ3) is 2.71. The summed E-state index contributed by atoms with van der Waals surface area (Å²) in [5.41, 5.74) is 5.01. The van der Waals surface area contributed by atoms with Gasteiger partial charge in [-0.3, -0.25) is 5.84 Å². The predicted octanol–water partition coefficient (Wildman–Crippen LogP) is 2.99. The molecule has 2 aromatic rings. The number of aryl methyl sites for hydroxylation is 2. The summed E-state index contributed by atoms with van der Waals surface area (Å²) >= 11 is 0. The maximum absolute atomic E-state index is 5.84. The van der Waals surface area contributed by atoms with Crippen LogP contribution in [0, 0.1) is 13.8 Å². The van der Waals surface area contributed by atoms with Crippen molar-refractivity contribution in [3.63, 3.8) is 0 Å². The molecule has 3 N–H and O–H groups in total. The van der Waals surface area contributed by atoms with Gasteiger partial charge in [0.05, 0.1) is 12.1 Å². The van der Waals surface area contributed by atoms with Crippen LogP contribution in [0.4, 0.5) is 0 Å². The van der Waals surface area contributed by atoms with Crippen LogP contribution in [0.1, 0.15) is 41.5 Å². The number of ether oxygens (including phenoxy) is 1. The Morgan fingerprint density at radius 2 is 2.10 bits per heavy atom. The topological polar surface area (TPSA) is 60.4 Å². The van der Waals surface area contributed by atoms with E-state index in [1.54, 1.807) is 0 Å². The predicted molar refractivity (Wildman–Crippen MR) is 77.4 cm³/mol. The first-order chi connectivity index (χ1) is 9.67. The van der Waals surface area contributed by atoms with Crippen LogP contribution < -0.4 is 16.0 Å². The van der Waals surface area contributed by atoms with Crippen molar-refractivity contribution in [1.82, 2.24) is 5.43 Å². The maximum atomic E-state index is 5.84. The molecule has 1 aromatic carbocycles. The lowest BCUT2D eigenvalue weighted by atomic mass is 9.99. The Bertz CT molecular complexity index is 602. The summed E-state index contributed by atoms with van der Waals surface area (Å²) in [5, 5.41) is 0. The van der Waals surface area contributed by atoms with Crippen LogP contribution in [0.5, 0.6) is 5.75 Å². The summed E-state index contributed by atoms with van der Waals surface area (Å²) in [6, 6.07) is 10.0. The minimum absolute atomic E-state index is 0.0878. The molecule has 3 rings (SSSR count). The summed E-state index contributed by atoms with van der Waals surface area (Å²) in [6.45, 7) is 3.90. The number of rotatable bonds is 5. The Labute approximate surface area is 118 Å². The van der Waals surface area contributed by atoms with E-state index >= 15 is 0 Å². The van der Waals surface area contributed by atoms with Gasteiger partial charge in [-0.05, 0) is 50.5 Å². The zero-order valence-corrected chi connectivity index (χ0v) is 11.8. The Morgan fingerprint density at radius 1 is 1.30 bits per heavy atom. The van der Waals surface area contributed by atoms with Crippen LogP contribution >= 0.6 is 0 Å². The monoisotopic (exact) mass is 272 g/mol. The molecule has 0 amide bonds. The number of nitrogens with one attached hydrogen (secondary N) is 1.